The number of rotatable bonds is 2. The van der Waals surface area contributed by atoms with Gasteiger partial charge < -0.3 is 15.5 Å². The van der Waals surface area contributed by atoms with Crippen molar-refractivity contribution in [1.29, 1.82) is 0 Å². The van der Waals surface area contributed by atoms with Crippen molar-refractivity contribution < 1.29 is 13.2 Å². The van der Waals surface area contributed by atoms with E-state index in [0.717, 1.165) is 18.7 Å². The van der Waals surface area contributed by atoms with Crippen molar-refractivity contribution in [3.63, 3.8) is 0 Å². The summed E-state index contributed by atoms with van der Waals surface area (Å²) in [5, 5.41) is 6.15. The summed E-state index contributed by atoms with van der Waals surface area (Å²) < 4.78 is 37.9. The van der Waals surface area contributed by atoms with E-state index in [-0.39, 0.29) is 11.1 Å². The minimum atomic E-state index is -4.44. The Hall–Kier alpha value is -1.70. The molecule has 0 aliphatic carbocycles. The third-order valence-electron chi connectivity index (χ3n) is 3.44. The molecule has 1 aromatic rings. The zero-order chi connectivity index (χ0) is 16.3. The van der Waals surface area contributed by atoms with E-state index in [2.05, 4.69) is 20.6 Å². The molecule has 1 atom stereocenters. The van der Waals surface area contributed by atoms with Crippen LogP contribution in [-0.2, 0) is 6.18 Å². The van der Waals surface area contributed by atoms with Crippen LogP contribution in [-0.4, -0.2) is 44.2 Å². The maximum absolute atomic E-state index is 12.6. The molecule has 1 saturated heterocycles. The number of guanidine groups is 1. The van der Waals surface area contributed by atoms with E-state index in [1.54, 1.807) is 14.1 Å². The van der Waals surface area contributed by atoms with Gasteiger partial charge in [-0.05, 0) is 12.5 Å². The lowest BCUT2D eigenvalue weighted by atomic mass is 10.2. The van der Waals surface area contributed by atoms with Gasteiger partial charge >= 0.3 is 6.18 Å². The number of pyridine rings is 1. The van der Waals surface area contributed by atoms with E-state index in [1.165, 1.54) is 0 Å². The quantitative estimate of drug-likeness (QED) is 0.642. The first kappa shape index (κ1) is 16.7. The topological polar surface area (TPSA) is 52.6 Å². The standard InChI is InChI=1S/C13H17ClF3N5/c1-18-12(19-2)21-9-3-4-22(7-9)11-10(14)5-8(6-20-11)13(15,16)17/h5-6,9H,3-4,7H2,1-2H3,(H2,18,19,21)/t9-/m1/s1. The van der Waals surface area contributed by atoms with Crippen LogP contribution in [0.15, 0.2) is 17.3 Å². The van der Waals surface area contributed by atoms with Gasteiger partial charge in [-0.1, -0.05) is 11.6 Å². The fourth-order valence-corrected chi connectivity index (χ4v) is 2.62. The van der Waals surface area contributed by atoms with Crippen LogP contribution < -0.4 is 15.5 Å². The Balaban J connectivity index is 2.08. The predicted octanol–water partition coefficient (Wildman–Crippen LogP) is 2.13. The van der Waals surface area contributed by atoms with Crippen molar-refractivity contribution in [2.24, 2.45) is 4.99 Å². The first-order valence-electron chi connectivity index (χ1n) is 6.74. The van der Waals surface area contributed by atoms with Crippen LogP contribution in [0.3, 0.4) is 0 Å². The average molecular weight is 336 g/mol. The van der Waals surface area contributed by atoms with E-state index >= 15 is 0 Å². The maximum atomic E-state index is 12.6. The van der Waals surface area contributed by atoms with E-state index in [1.807, 2.05) is 4.90 Å². The molecule has 22 heavy (non-hydrogen) atoms. The first-order valence-corrected chi connectivity index (χ1v) is 7.11. The third-order valence-corrected chi connectivity index (χ3v) is 3.72. The summed E-state index contributed by atoms with van der Waals surface area (Å²) in [7, 11) is 3.43. The van der Waals surface area contributed by atoms with Crippen LogP contribution in [0.4, 0.5) is 19.0 Å². The summed E-state index contributed by atoms with van der Waals surface area (Å²) in [5.74, 6) is 1.04. The number of aromatic nitrogens is 1. The van der Waals surface area contributed by atoms with E-state index in [9.17, 15) is 13.2 Å². The molecule has 0 amide bonds. The molecule has 2 N–H and O–H groups in total. The van der Waals surface area contributed by atoms with E-state index in [4.69, 9.17) is 11.6 Å². The molecule has 122 valence electrons. The number of aliphatic imine (C=N–C) groups is 1. The molecule has 0 radical (unpaired) electrons. The Morgan fingerprint density at radius 3 is 2.77 bits per heavy atom. The van der Waals surface area contributed by atoms with Gasteiger partial charge in [-0.15, -0.1) is 0 Å². The molecule has 0 unspecified atom stereocenters. The number of nitrogens with zero attached hydrogens (tertiary/aromatic N) is 3. The number of hydrogen-bond donors (Lipinski definition) is 2. The zero-order valence-corrected chi connectivity index (χ0v) is 13.0. The molecule has 2 rings (SSSR count). The lowest BCUT2D eigenvalue weighted by Gasteiger charge is -2.20. The summed E-state index contributed by atoms with van der Waals surface area (Å²) in [6, 6.07) is 1.04. The second-order valence-electron chi connectivity index (χ2n) is 4.93. The summed E-state index contributed by atoms with van der Waals surface area (Å²) in [5.41, 5.74) is -0.842. The second-order valence-corrected chi connectivity index (χ2v) is 5.33. The molecule has 0 spiro atoms. The SMILES string of the molecule is CN=C(NC)N[C@@H]1CCN(c2ncc(C(F)(F)F)cc2Cl)C1. The summed E-state index contributed by atoms with van der Waals surface area (Å²) in [6.45, 7) is 1.26. The Labute approximate surface area is 131 Å². The molecule has 0 bridgehead atoms. The highest BCUT2D eigenvalue weighted by Gasteiger charge is 2.33. The van der Waals surface area contributed by atoms with Gasteiger partial charge in [0.1, 0.15) is 5.82 Å². The van der Waals surface area contributed by atoms with Gasteiger partial charge in [0, 0.05) is 39.4 Å². The van der Waals surface area contributed by atoms with Gasteiger partial charge in [0.25, 0.3) is 0 Å². The van der Waals surface area contributed by atoms with Gasteiger partial charge in [0.05, 0.1) is 10.6 Å². The smallest absolute Gasteiger partial charge is 0.359 e. The second kappa shape index (κ2) is 6.60. The van der Waals surface area contributed by atoms with Gasteiger partial charge in [-0.3, -0.25) is 4.99 Å². The Morgan fingerprint density at radius 2 is 2.23 bits per heavy atom. The largest absolute Gasteiger partial charge is 0.417 e. The summed E-state index contributed by atoms with van der Waals surface area (Å²) >= 11 is 5.96. The minimum absolute atomic E-state index is 0.00785. The fraction of sp³-hybridized carbons (Fsp3) is 0.538. The van der Waals surface area contributed by atoms with Crippen molar-refractivity contribution >= 4 is 23.4 Å². The van der Waals surface area contributed by atoms with Crippen molar-refractivity contribution in [3.8, 4) is 0 Å². The Morgan fingerprint density at radius 1 is 1.50 bits per heavy atom. The lowest BCUT2D eigenvalue weighted by Crippen LogP contribution is -2.43. The average Bonchev–Trinajstić information content (AvgIpc) is 2.92. The molecule has 1 aliphatic rings. The number of nitrogens with one attached hydrogen (secondary N) is 2. The molecular weight excluding hydrogens is 319 g/mol. The molecule has 9 heteroatoms. The van der Waals surface area contributed by atoms with Crippen molar-refractivity contribution in [2.75, 3.05) is 32.1 Å². The lowest BCUT2D eigenvalue weighted by molar-refractivity contribution is -0.137. The predicted molar refractivity (Wildman–Crippen MR) is 80.4 cm³/mol. The molecule has 0 aromatic carbocycles. The van der Waals surface area contributed by atoms with Crippen LogP contribution in [0.2, 0.25) is 5.02 Å². The minimum Gasteiger partial charge on any atom is -0.359 e. The van der Waals surface area contributed by atoms with Crippen LogP contribution in [0.5, 0.6) is 0 Å². The highest BCUT2D eigenvalue weighted by atomic mass is 35.5. The summed E-state index contributed by atoms with van der Waals surface area (Å²) in [6.07, 6.45) is -2.81. The molecular formula is C13H17ClF3N5. The van der Waals surface area contributed by atoms with Crippen LogP contribution in [0, 0.1) is 0 Å². The molecule has 2 heterocycles. The highest BCUT2D eigenvalue weighted by molar-refractivity contribution is 6.33. The Kier molecular flexibility index (Phi) is 5.00. The van der Waals surface area contributed by atoms with Crippen LogP contribution in [0.25, 0.3) is 0 Å². The van der Waals surface area contributed by atoms with Gasteiger partial charge in [0.15, 0.2) is 5.96 Å². The maximum Gasteiger partial charge on any atom is 0.417 e. The summed E-state index contributed by atoms with van der Waals surface area (Å²) in [4.78, 5) is 9.78. The first-order chi connectivity index (χ1) is 10.3. The highest BCUT2D eigenvalue weighted by Crippen LogP contribution is 2.34. The van der Waals surface area contributed by atoms with Gasteiger partial charge in [-0.2, -0.15) is 13.2 Å². The number of hydrogen-bond acceptors (Lipinski definition) is 3. The van der Waals surface area contributed by atoms with E-state index in [0.29, 0.717) is 24.9 Å². The van der Waals surface area contributed by atoms with Crippen molar-refractivity contribution in [1.82, 2.24) is 15.6 Å². The molecule has 5 nitrogen and oxygen atoms in total. The molecule has 1 aromatic heterocycles. The molecule has 0 saturated carbocycles. The number of anilines is 1. The van der Waals surface area contributed by atoms with Crippen molar-refractivity contribution in [3.05, 3.63) is 22.8 Å². The number of alkyl halides is 3. The molecule has 1 fully saturated rings. The van der Waals surface area contributed by atoms with Crippen LogP contribution in [0.1, 0.15) is 12.0 Å². The van der Waals surface area contributed by atoms with E-state index < -0.39 is 11.7 Å². The molecule has 1 aliphatic heterocycles. The van der Waals surface area contributed by atoms with Crippen LogP contribution >= 0.6 is 11.6 Å². The van der Waals surface area contributed by atoms with Crippen molar-refractivity contribution in [2.45, 2.75) is 18.6 Å². The third kappa shape index (κ3) is 3.73. The Bertz CT molecular complexity index is 561. The normalized spacial score (nSPS) is 19.5. The fourth-order valence-electron chi connectivity index (χ4n) is 2.33. The zero-order valence-electron chi connectivity index (χ0n) is 12.2. The van der Waals surface area contributed by atoms with Gasteiger partial charge in [0.2, 0.25) is 0 Å². The number of halogens is 4. The van der Waals surface area contributed by atoms with Gasteiger partial charge in [-0.25, -0.2) is 4.98 Å². The monoisotopic (exact) mass is 335 g/mol.